The molecule has 0 saturated heterocycles. The van der Waals surface area contributed by atoms with Gasteiger partial charge in [0.25, 0.3) is 5.91 Å². The molecule has 0 aliphatic carbocycles. The average molecular weight is 464 g/mol. The van der Waals surface area contributed by atoms with Crippen LogP contribution < -0.4 is 15.4 Å². The number of H-pyrrole nitrogens is 1. The Morgan fingerprint density at radius 3 is 2.68 bits per heavy atom. The standard InChI is InChI=1S/C12H14N4O2.C10H11NO2.C3H4/c1-7(14-12(18)13-6-17)9-3-4-10-8(2)15-16-11(10)5-9;1-11-6-7-3-4-8(13-2)5-9(7)10(11)12;1-3-2/h3-7H,1-2H3,(H,15,16)(H2,13,14,17,18);3-5H,6H2,1-2H3;1H,2H3. The zero-order valence-corrected chi connectivity index (χ0v) is 19.9. The van der Waals surface area contributed by atoms with Gasteiger partial charge in [-0.25, -0.2) is 4.79 Å². The van der Waals surface area contributed by atoms with Crippen LogP contribution in [0.15, 0.2) is 36.4 Å². The molecule has 34 heavy (non-hydrogen) atoms. The van der Waals surface area contributed by atoms with Crippen molar-refractivity contribution in [1.82, 2.24) is 25.7 Å². The Bertz CT molecular complexity index is 1210. The van der Waals surface area contributed by atoms with E-state index in [-0.39, 0.29) is 11.9 Å². The number of nitrogens with one attached hydrogen (secondary N) is 3. The van der Waals surface area contributed by atoms with E-state index in [0.717, 1.165) is 39.0 Å². The van der Waals surface area contributed by atoms with E-state index in [1.54, 1.807) is 32.0 Å². The Labute approximate surface area is 198 Å². The summed E-state index contributed by atoms with van der Waals surface area (Å²) in [6, 6.07) is 10.7. The van der Waals surface area contributed by atoms with Gasteiger partial charge in [-0.05, 0) is 50.1 Å². The topological polar surface area (TPSA) is 116 Å². The number of methoxy groups -OCH3 is 1. The van der Waals surface area contributed by atoms with Crippen molar-refractivity contribution in [3.05, 3.63) is 58.8 Å². The second-order valence-corrected chi connectivity index (χ2v) is 7.56. The summed E-state index contributed by atoms with van der Waals surface area (Å²) in [6.45, 7) is 6.15. The number of hydrogen-bond acceptors (Lipinski definition) is 5. The lowest BCUT2D eigenvalue weighted by Crippen LogP contribution is -2.36. The molecule has 178 valence electrons. The molecule has 2 aromatic carbocycles. The highest BCUT2D eigenvalue weighted by atomic mass is 16.5. The van der Waals surface area contributed by atoms with Crippen LogP contribution in [0.2, 0.25) is 0 Å². The lowest BCUT2D eigenvalue weighted by Gasteiger charge is -2.13. The van der Waals surface area contributed by atoms with E-state index in [1.807, 2.05) is 49.5 Å². The van der Waals surface area contributed by atoms with Gasteiger partial charge in [-0.15, -0.1) is 12.3 Å². The summed E-state index contributed by atoms with van der Waals surface area (Å²) in [6.07, 6.45) is 4.95. The van der Waals surface area contributed by atoms with Crippen molar-refractivity contribution in [2.75, 3.05) is 14.2 Å². The van der Waals surface area contributed by atoms with E-state index >= 15 is 0 Å². The minimum Gasteiger partial charge on any atom is -0.497 e. The first-order valence-electron chi connectivity index (χ1n) is 10.5. The number of carbonyl (C=O) groups is 3. The van der Waals surface area contributed by atoms with Gasteiger partial charge in [0, 0.05) is 30.2 Å². The molecular weight excluding hydrogens is 434 g/mol. The zero-order chi connectivity index (χ0) is 25.3. The Balaban J connectivity index is 0.000000224. The molecule has 1 aliphatic rings. The molecule has 1 atom stereocenters. The summed E-state index contributed by atoms with van der Waals surface area (Å²) in [5.74, 6) is 3.07. The van der Waals surface area contributed by atoms with Crippen molar-refractivity contribution >= 4 is 29.3 Å². The average Bonchev–Trinajstić information content (AvgIpc) is 3.33. The third-order valence-electron chi connectivity index (χ3n) is 5.11. The fraction of sp³-hybridized carbons (Fsp3) is 0.280. The van der Waals surface area contributed by atoms with Gasteiger partial charge in [0.1, 0.15) is 5.75 Å². The molecule has 9 nitrogen and oxygen atoms in total. The Kier molecular flexibility index (Phi) is 9.20. The Morgan fingerprint density at radius 1 is 1.32 bits per heavy atom. The SMILES string of the molecule is C#CC.COc1ccc2c(c1)C(=O)N(C)C2.Cc1[nH]nc2cc(C(C)NC(=O)NC=O)ccc12. The molecule has 3 aromatic rings. The maximum Gasteiger partial charge on any atom is 0.321 e. The number of benzene rings is 2. The summed E-state index contributed by atoms with van der Waals surface area (Å²) >= 11 is 0. The quantitative estimate of drug-likeness (QED) is 0.405. The third-order valence-corrected chi connectivity index (χ3v) is 5.11. The van der Waals surface area contributed by atoms with Gasteiger partial charge in [-0.2, -0.15) is 5.10 Å². The van der Waals surface area contributed by atoms with Crippen LogP contribution in [-0.4, -0.2) is 47.6 Å². The van der Waals surface area contributed by atoms with E-state index in [2.05, 4.69) is 27.9 Å². The van der Waals surface area contributed by atoms with Crippen LogP contribution in [0.5, 0.6) is 5.75 Å². The normalized spacial score (nSPS) is 12.2. The van der Waals surface area contributed by atoms with Crippen LogP contribution in [0.1, 0.15) is 47.1 Å². The van der Waals surface area contributed by atoms with Crippen LogP contribution in [-0.2, 0) is 11.3 Å². The zero-order valence-electron chi connectivity index (χ0n) is 19.9. The number of rotatable bonds is 4. The molecule has 0 spiro atoms. The second-order valence-electron chi connectivity index (χ2n) is 7.56. The summed E-state index contributed by atoms with van der Waals surface area (Å²) in [5, 5.41) is 12.8. The first kappa shape index (κ1) is 25.9. The van der Waals surface area contributed by atoms with Gasteiger partial charge >= 0.3 is 6.03 Å². The number of aromatic nitrogens is 2. The first-order valence-corrected chi connectivity index (χ1v) is 10.5. The summed E-state index contributed by atoms with van der Waals surface area (Å²) in [5.41, 5.74) is 4.63. The molecular formula is C25H29N5O4. The monoisotopic (exact) mass is 463 g/mol. The van der Waals surface area contributed by atoms with Crippen molar-refractivity contribution in [2.24, 2.45) is 0 Å². The Morgan fingerprint density at radius 2 is 2.03 bits per heavy atom. The van der Waals surface area contributed by atoms with Crippen LogP contribution in [0.3, 0.4) is 0 Å². The Hall–Kier alpha value is -4.32. The van der Waals surface area contributed by atoms with Crippen LogP contribution in [0.4, 0.5) is 4.79 Å². The largest absolute Gasteiger partial charge is 0.497 e. The van der Waals surface area contributed by atoms with Crippen molar-refractivity contribution in [3.63, 3.8) is 0 Å². The number of ether oxygens (including phenoxy) is 1. The maximum atomic E-state index is 11.5. The molecule has 2 heterocycles. The van der Waals surface area contributed by atoms with Crippen molar-refractivity contribution < 1.29 is 19.1 Å². The summed E-state index contributed by atoms with van der Waals surface area (Å²) in [4.78, 5) is 34.6. The van der Waals surface area contributed by atoms with Crippen LogP contribution in [0, 0.1) is 19.3 Å². The lowest BCUT2D eigenvalue weighted by atomic mass is 10.1. The van der Waals surface area contributed by atoms with Gasteiger partial charge in [0.15, 0.2) is 0 Å². The van der Waals surface area contributed by atoms with Gasteiger partial charge in [-0.1, -0.05) is 18.2 Å². The number of terminal acetylenes is 1. The highest BCUT2D eigenvalue weighted by molar-refractivity contribution is 5.98. The number of aryl methyl sites for hydroxylation is 1. The van der Waals surface area contributed by atoms with E-state index in [4.69, 9.17) is 4.74 Å². The number of aromatic amines is 1. The van der Waals surface area contributed by atoms with Crippen LogP contribution >= 0.6 is 0 Å². The number of carbonyl (C=O) groups excluding carboxylic acids is 3. The molecule has 4 amide bonds. The summed E-state index contributed by atoms with van der Waals surface area (Å²) < 4.78 is 5.05. The number of amides is 4. The van der Waals surface area contributed by atoms with E-state index < -0.39 is 6.03 Å². The fourth-order valence-electron chi connectivity index (χ4n) is 3.36. The highest BCUT2D eigenvalue weighted by Gasteiger charge is 2.24. The number of nitrogens with zero attached hydrogens (tertiary/aromatic N) is 2. The third kappa shape index (κ3) is 6.36. The maximum absolute atomic E-state index is 11.5. The molecule has 0 saturated carbocycles. The van der Waals surface area contributed by atoms with Gasteiger partial charge < -0.3 is 15.0 Å². The molecule has 0 radical (unpaired) electrons. The minimum absolute atomic E-state index is 0.0777. The van der Waals surface area contributed by atoms with Crippen molar-refractivity contribution in [3.8, 4) is 18.1 Å². The van der Waals surface area contributed by atoms with Crippen LogP contribution in [0.25, 0.3) is 10.9 Å². The molecule has 0 bridgehead atoms. The van der Waals surface area contributed by atoms with Gasteiger partial charge in [0.05, 0.1) is 18.7 Å². The number of fused-ring (bicyclic) bond motifs is 2. The molecule has 1 aromatic heterocycles. The minimum atomic E-state index is -0.518. The predicted molar refractivity (Wildman–Crippen MR) is 130 cm³/mol. The smallest absolute Gasteiger partial charge is 0.321 e. The van der Waals surface area contributed by atoms with Gasteiger partial charge in [-0.3, -0.25) is 20.0 Å². The molecule has 3 N–H and O–H groups in total. The lowest BCUT2D eigenvalue weighted by molar-refractivity contribution is -0.108. The molecule has 1 aliphatic heterocycles. The summed E-state index contributed by atoms with van der Waals surface area (Å²) in [7, 11) is 3.40. The molecule has 4 rings (SSSR count). The van der Waals surface area contributed by atoms with Gasteiger partial charge in [0.2, 0.25) is 6.41 Å². The van der Waals surface area contributed by atoms with Crippen molar-refractivity contribution in [1.29, 1.82) is 0 Å². The highest BCUT2D eigenvalue weighted by Crippen LogP contribution is 2.25. The molecule has 1 unspecified atom stereocenters. The first-order chi connectivity index (χ1) is 16.2. The second kappa shape index (κ2) is 12.1. The number of urea groups is 1. The van der Waals surface area contributed by atoms with E-state index in [0.29, 0.717) is 13.0 Å². The predicted octanol–water partition coefficient (Wildman–Crippen LogP) is 3.31. The molecule has 9 heteroatoms. The van der Waals surface area contributed by atoms with E-state index in [9.17, 15) is 14.4 Å². The number of hydrogen-bond donors (Lipinski definition) is 3. The fourth-order valence-corrected chi connectivity index (χ4v) is 3.36. The van der Waals surface area contributed by atoms with E-state index in [1.165, 1.54) is 0 Å². The molecule has 0 fully saturated rings. The van der Waals surface area contributed by atoms with Crippen molar-refractivity contribution in [2.45, 2.75) is 33.4 Å². The number of imide groups is 1.